The maximum atomic E-state index is 12.0. The Labute approximate surface area is 113 Å². The van der Waals surface area contributed by atoms with Crippen LogP contribution in [0.5, 0.6) is 0 Å². The normalized spacial score (nSPS) is 16.1. The van der Waals surface area contributed by atoms with Crippen LogP contribution >= 0.6 is 0 Å². The average molecular weight is 283 g/mol. The zero-order valence-electron chi connectivity index (χ0n) is 11.0. The van der Waals surface area contributed by atoms with Gasteiger partial charge < -0.3 is 4.90 Å². The fourth-order valence-corrected chi connectivity index (χ4v) is 3.45. The molecule has 104 valence electrons. The maximum absolute atomic E-state index is 12.0. The number of hydrogen-bond donors (Lipinski definition) is 0. The molecule has 0 aromatic heterocycles. The molecule has 1 aliphatic rings. The average Bonchev–Trinajstić information content (AvgIpc) is 2.75. The van der Waals surface area contributed by atoms with Gasteiger partial charge in [-0.1, -0.05) is 6.07 Å². The first-order valence-corrected chi connectivity index (χ1v) is 7.67. The molecule has 1 heterocycles. The molecule has 0 aliphatic carbocycles. The molecule has 6 heteroatoms. The lowest BCUT2D eigenvalue weighted by Gasteiger charge is -2.20. The molecule has 1 fully saturated rings. The van der Waals surface area contributed by atoms with Crippen LogP contribution in [0.1, 0.15) is 25.3 Å². The summed E-state index contributed by atoms with van der Waals surface area (Å²) in [7, 11) is -3.75. The van der Waals surface area contributed by atoms with E-state index in [1.807, 2.05) is 0 Å². The summed E-state index contributed by atoms with van der Waals surface area (Å²) >= 11 is 0. The first-order chi connectivity index (χ1) is 8.97. The quantitative estimate of drug-likeness (QED) is 0.791. The molecule has 19 heavy (non-hydrogen) atoms. The summed E-state index contributed by atoms with van der Waals surface area (Å²) < 4.78 is 28.8. The van der Waals surface area contributed by atoms with Gasteiger partial charge in [0.2, 0.25) is 5.91 Å². The van der Waals surface area contributed by atoms with Crippen molar-refractivity contribution >= 4 is 21.7 Å². The number of carbonyl (C=O) groups excluding carboxylic acids is 1. The summed E-state index contributed by atoms with van der Waals surface area (Å²) in [5.74, 6) is 0.0362. The van der Waals surface area contributed by atoms with E-state index in [-0.39, 0.29) is 17.4 Å². The molecule has 1 aromatic carbocycles. The monoisotopic (exact) mass is 283 g/mol. The summed E-state index contributed by atoms with van der Waals surface area (Å²) in [6.07, 6.45) is 1.32. The zero-order chi connectivity index (χ0) is 14.0. The van der Waals surface area contributed by atoms with E-state index in [0.29, 0.717) is 24.2 Å². The van der Waals surface area contributed by atoms with Crippen LogP contribution in [0.25, 0.3) is 0 Å². The second kappa shape index (κ2) is 5.30. The van der Waals surface area contributed by atoms with Crippen molar-refractivity contribution in [2.45, 2.75) is 31.6 Å². The summed E-state index contributed by atoms with van der Waals surface area (Å²) in [5, 5.41) is 0. The van der Waals surface area contributed by atoms with E-state index in [4.69, 9.17) is 4.18 Å². The minimum atomic E-state index is -3.75. The largest absolute Gasteiger partial charge is 0.312 e. The number of rotatable bonds is 4. The van der Waals surface area contributed by atoms with Crippen molar-refractivity contribution in [2.75, 3.05) is 18.1 Å². The van der Waals surface area contributed by atoms with E-state index in [2.05, 4.69) is 0 Å². The van der Waals surface area contributed by atoms with Crippen molar-refractivity contribution < 1.29 is 17.4 Å². The fraction of sp³-hybridized carbons (Fsp3) is 0.462. The smallest absolute Gasteiger partial charge is 0.297 e. The minimum absolute atomic E-state index is 0.0362. The lowest BCUT2D eigenvalue weighted by Crippen LogP contribution is -2.25. The second-order valence-electron chi connectivity index (χ2n) is 4.41. The molecule has 0 bridgehead atoms. The number of nitrogens with zero attached hydrogens (tertiary/aromatic N) is 1. The van der Waals surface area contributed by atoms with Gasteiger partial charge >= 0.3 is 0 Å². The van der Waals surface area contributed by atoms with Crippen molar-refractivity contribution in [2.24, 2.45) is 0 Å². The van der Waals surface area contributed by atoms with Crippen molar-refractivity contribution in [1.29, 1.82) is 0 Å². The molecule has 0 spiro atoms. The van der Waals surface area contributed by atoms with Crippen LogP contribution < -0.4 is 4.90 Å². The third-order valence-corrected chi connectivity index (χ3v) is 4.69. The fourth-order valence-electron chi connectivity index (χ4n) is 2.29. The molecule has 0 saturated carbocycles. The van der Waals surface area contributed by atoms with Gasteiger partial charge in [-0.15, -0.1) is 0 Å². The molecular weight excluding hydrogens is 266 g/mol. The molecular formula is C13H17NO4S. The van der Waals surface area contributed by atoms with E-state index in [1.54, 1.807) is 30.9 Å². The first-order valence-electron chi connectivity index (χ1n) is 6.27. The van der Waals surface area contributed by atoms with Gasteiger partial charge in [-0.2, -0.15) is 8.42 Å². The van der Waals surface area contributed by atoms with Crippen molar-refractivity contribution in [3.63, 3.8) is 0 Å². The Morgan fingerprint density at radius 2 is 2.11 bits per heavy atom. The standard InChI is InChI=1S/C13H17NO4S/c1-3-18-19(16,17)12-7-4-6-11(10(12)2)14-9-5-8-13(14)15/h4,6-7H,3,5,8-9H2,1-2H3. The molecule has 5 nitrogen and oxygen atoms in total. The van der Waals surface area contributed by atoms with E-state index in [9.17, 15) is 13.2 Å². The molecule has 0 N–H and O–H groups in total. The van der Waals surface area contributed by atoms with E-state index in [1.165, 1.54) is 6.07 Å². The number of benzene rings is 1. The van der Waals surface area contributed by atoms with Crippen LogP contribution in [0.2, 0.25) is 0 Å². The Bertz CT molecular complexity index is 595. The molecule has 0 unspecified atom stereocenters. The molecule has 0 atom stereocenters. The second-order valence-corrected chi connectivity index (χ2v) is 5.99. The highest BCUT2D eigenvalue weighted by Gasteiger charge is 2.26. The molecule has 1 aromatic rings. The number of anilines is 1. The highest BCUT2D eigenvalue weighted by atomic mass is 32.2. The molecule has 2 rings (SSSR count). The van der Waals surface area contributed by atoms with E-state index >= 15 is 0 Å². The topological polar surface area (TPSA) is 63.7 Å². The Morgan fingerprint density at radius 3 is 2.68 bits per heavy atom. The molecule has 1 saturated heterocycles. The van der Waals surface area contributed by atoms with Gasteiger partial charge in [-0.25, -0.2) is 0 Å². The Morgan fingerprint density at radius 1 is 1.37 bits per heavy atom. The summed E-state index contributed by atoms with van der Waals surface area (Å²) in [6.45, 7) is 4.06. The third-order valence-electron chi connectivity index (χ3n) is 3.16. The van der Waals surface area contributed by atoms with Crippen LogP contribution in [0.4, 0.5) is 5.69 Å². The lowest BCUT2D eigenvalue weighted by molar-refractivity contribution is -0.117. The maximum Gasteiger partial charge on any atom is 0.297 e. The van der Waals surface area contributed by atoms with Gasteiger partial charge in [0.15, 0.2) is 0 Å². The number of amides is 1. The van der Waals surface area contributed by atoms with Crippen LogP contribution in [-0.4, -0.2) is 27.5 Å². The predicted molar refractivity (Wildman–Crippen MR) is 71.6 cm³/mol. The van der Waals surface area contributed by atoms with Crippen LogP contribution in [0.15, 0.2) is 23.1 Å². The molecule has 1 amide bonds. The van der Waals surface area contributed by atoms with E-state index in [0.717, 1.165) is 6.42 Å². The SMILES string of the molecule is CCOS(=O)(=O)c1cccc(N2CCCC2=O)c1C. The van der Waals surface area contributed by atoms with Crippen molar-refractivity contribution in [3.05, 3.63) is 23.8 Å². The minimum Gasteiger partial charge on any atom is -0.312 e. The van der Waals surface area contributed by atoms with Gasteiger partial charge in [-0.05, 0) is 38.0 Å². The van der Waals surface area contributed by atoms with Gasteiger partial charge in [0.25, 0.3) is 10.1 Å². The van der Waals surface area contributed by atoms with Gasteiger partial charge in [-0.3, -0.25) is 8.98 Å². The van der Waals surface area contributed by atoms with Crippen molar-refractivity contribution in [1.82, 2.24) is 0 Å². The Kier molecular flexibility index (Phi) is 3.91. The van der Waals surface area contributed by atoms with Gasteiger partial charge in [0, 0.05) is 18.7 Å². The molecule has 1 aliphatic heterocycles. The predicted octanol–water partition coefficient (Wildman–Crippen LogP) is 1.85. The number of hydrogen-bond acceptors (Lipinski definition) is 4. The van der Waals surface area contributed by atoms with Crippen LogP contribution in [0.3, 0.4) is 0 Å². The first kappa shape index (κ1) is 14.0. The van der Waals surface area contributed by atoms with Gasteiger partial charge in [0.05, 0.1) is 11.5 Å². The summed E-state index contributed by atoms with van der Waals surface area (Å²) in [5.41, 5.74) is 1.22. The van der Waals surface area contributed by atoms with Crippen LogP contribution in [-0.2, 0) is 19.1 Å². The van der Waals surface area contributed by atoms with Gasteiger partial charge in [0.1, 0.15) is 0 Å². The third kappa shape index (κ3) is 2.64. The summed E-state index contributed by atoms with van der Waals surface area (Å²) in [4.78, 5) is 13.5. The Balaban J connectivity index is 2.47. The van der Waals surface area contributed by atoms with E-state index < -0.39 is 10.1 Å². The lowest BCUT2D eigenvalue weighted by atomic mass is 10.2. The Hall–Kier alpha value is -1.40. The zero-order valence-corrected chi connectivity index (χ0v) is 11.9. The van der Waals surface area contributed by atoms with Crippen molar-refractivity contribution in [3.8, 4) is 0 Å². The highest BCUT2D eigenvalue weighted by Crippen LogP contribution is 2.30. The summed E-state index contributed by atoms with van der Waals surface area (Å²) in [6, 6.07) is 4.91. The number of carbonyl (C=O) groups is 1. The van der Waals surface area contributed by atoms with Crippen LogP contribution in [0, 0.1) is 6.92 Å². The molecule has 0 radical (unpaired) electrons. The highest BCUT2D eigenvalue weighted by molar-refractivity contribution is 7.86.